The first kappa shape index (κ1) is 14.1. The quantitative estimate of drug-likeness (QED) is 0.896. The minimum absolute atomic E-state index is 0.529. The standard InChI is InChI=1S/C14H19Cl2NO/c1-14(18)6-3-8-17(9-7-14)10-11-12(15)4-2-5-13(11)16/h2,4-5,18H,3,6-10H2,1H3. The first-order valence-electron chi connectivity index (χ1n) is 6.35. The number of likely N-dealkylation sites (tertiary alicyclic amines) is 1. The lowest BCUT2D eigenvalue weighted by Crippen LogP contribution is -2.28. The van der Waals surface area contributed by atoms with Crippen LogP contribution in [0.15, 0.2) is 18.2 Å². The van der Waals surface area contributed by atoms with E-state index in [4.69, 9.17) is 23.2 Å². The van der Waals surface area contributed by atoms with Crippen LogP contribution in [0, 0.1) is 0 Å². The molecule has 0 radical (unpaired) electrons. The Morgan fingerprint density at radius 3 is 2.56 bits per heavy atom. The summed E-state index contributed by atoms with van der Waals surface area (Å²) in [6.07, 6.45) is 2.67. The molecule has 1 fully saturated rings. The van der Waals surface area contributed by atoms with Crippen molar-refractivity contribution in [1.82, 2.24) is 4.90 Å². The summed E-state index contributed by atoms with van der Waals surface area (Å²) in [7, 11) is 0. The molecule has 0 spiro atoms. The number of nitrogens with zero attached hydrogens (tertiary/aromatic N) is 1. The molecule has 1 aliphatic rings. The van der Waals surface area contributed by atoms with E-state index < -0.39 is 5.60 Å². The van der Waals surface area contributed by atoms with Crippen molar-refractivity contribution in [3.63, 3.8) is 0 Å². The summed E-state index contributed by atoms with van der Waals surface area (Å²) in [5.74, 6) is 0. The fraction of sp³-hybridized carbons (Fsp3) is 0.571. The molecule has 1 atom stereocenters. The van der Waals surface area contributed by atoms with Gasteiger partial charge in [-0.05, 0) is 44.9 Å². The maximum atomic E-state index is 10.1. The lowest BCUT2D eigenvalue weighted by atomic mass is 9.98. The molecule has 18 heavy (non-hydrogen) atoms. The first-order chi connectivity index (χ1) is 8.48. The van der Waals surface area contributed by atoms with E-state index in [2.05, 4.69) is 4.90 Å². The van der Waals surface area contributed by atoms with Crippen LogP contribution in [-0.2, 0) is 6.54 Å². The van der Waals surface area contributed by atoms with E-state index in [0.29, 0.717) is 0 Å². The summed E-state index contributed by atoms with van der Waals surface area (Å²) in [5, 5.41) is 11.5. The van der Waals surface area contributed by atoms with Gasteiger partial charge in [-0.2, -0.15) is 0 Å². The van der Waals surface area contributed by atoms with Crippen molar-refractivity contribution in [2.45, 2.75) is 38.3 Å². The third kappa shape index (κ3) is 3.61. The van der Waals surface area contributed by atoms with Crippen LogP contribution in [0.2, 0.25) is 10.0 Å². The molecule has 1 heterocycles. The minimum Gasteiger partial charge on any atom is -0.390 e. The molecule has 2 nitrogen and oxygen atoms in total. The molecular formula is C14H19Cl2NO. The van der Waals surface area contributed by atoms with Crippen LogP contribution in [0.25, 0.3) is 0 Å². The molecule has 1 aromatic rings. The van der Waals surface area contributed by atoms with Crippen molar-refractivity contribution in [2.24, 2.45) is 0 Å². The summed E-state index contributed by atoms with van der Waals surface area (Å²) < 4.78 is 0. The Morgan fingerprint density at radius 1 is 1.22 bits per heavy atom. The van der Waals surface area contributed by atoms with Gasteiger partial charge in [0.1, 0.15) is 0 Å². The van der Waals surface area contributed by atoms with Crippen molar-refractivity contribution < 1.29 is 5.11 Å². The number of hydrogen-bond donors (Lipinski definition) is 1. The van der Waals surface area contributed by atoms with E-state index in [9.17, 15) is 5.11 Å². The molecule has 0 amide bonds. The van der Waals surface area contributed by atoms with E-state index >= 15 is 0 Å². The predicted molar refractivity (Wildman–Crippen MR) is 76.2 cm³/mol. The highest BCUT2D eigenvalue weighted by Crippen LogP contribution is 2.28. The second kappa shape index (κ2) is 5.79. The van der Waals surface area contributed by atoms with E-state index in [1.54, 1.807) is 0 Å². The summed E-state index contributed by atoms with van der Waals surface area (Å²) in [6.45, 7) is 4.54. The number of halogens is 2. The molecule has 0 saturated carbocycles. The number of hydrogen-bond acceptors (Lipinski definition) is 2. The van der Waals surface area contributed by atoms with Gasteiger partial charge in [0.25, 0.3) is 0 Å². The average Bonchev–Trinajstić information content (AvgIpc) is 2.46. The van der Waals surface area contributed by atoms with Crippen LogP contribution >= 0.6 is 23.2 Å². The van der Waals surface area contributed by atoms with Gasteiger partial charge in [-0.25, -0.2) is 0 Å². The lowest BCUT2D eigenvalue weighted by molar-refractivity contribution is 0.0444. The molecule has 1 aromatic carbocycles. The van der Waals surface area contributed by atoms with Crippen molar-refractivity contribution in [1.29, 1.82) is 0 Å². The van der Waals surface area contributed by atoms with E-state index in [1.165, 1.54) is 0 Å². The van der Waals surface area contributed by atoms with Crippen LogP contribution in [0.5, 0.6) is 0 Å². The fourth-order valence-electron chi connectivity index (χ4n) is 2.38. The van der Waals surface area contributed by atoms with E-state index in [0.717, 1.165) is 54.5 Å². The highest BCUT2D eigenvalue weighted by atomic mass is 35.5. The van der Waals surface area contributed by atoms with Gasteiger partial charge in [-0.15, -0.1) is 0 Å². The zero-order valence-corrected chi connectivity index (χ0v) is 12.1. The summed E-state index contributed by atoms with van der Waals surface area (Å²) >= 11 is 12.4. The molecule has 0 aliphatic carbocycles. The van der Waals surface area contributed by atoms with Gasteiger partial charge < -0.3 is 5.11 Å². The molecule has 1 aliphatic heterocycles. The van der Waals surface area contributed by atoms with Crippen LogP contribution in [0.3, 0.4) is 0 Å². The Hall–Kier alpha value is -0.280. The number of benzene rings is 1. The monoisotopic (exact) mass is 287 g/mol. The van der Waals surface area contributed by atoms with Crippen molar-refractivity contribution in [3.8, 4) is 0 Å². The van der Waals surface area contributed by atoms with Gasteiger partial charge in [0.05, 0.1) is 5.60 Å². The van der Waals surface area contributed by atoms with Gasteiger partial charge in [-0.1, -0.05) is 29.3 Å². The number of rotatable bonds is 2. The fourth-order valence-corrected chi connectivity index (χ4v) is 2.90. The first-order valence-corrected chi connectivity index (χ1v) is 7.11. The Bertz CT molecular complexity index is 400. The molecule has 100 valence electrons. The van der Waals surface area contributed by atoms with Crippen LogP contribution in [0.4, 0.5) is 0 Å². The lowest BCUT2D eigenvalue weighted by Gasteiger charge is -2.23. The largest absolute Gasteiger partial charge is 0.390 e. The van der Waals surface area contributed by atoms with Gasteiger partial charge >= 0.3 is 0 Å². The van der Waals surface area contributed by atoms with E-state index in [1.807, 2.05) is 25.1 Å². The molecule has 0 aromatic heterocycles. The zero-order chi connectivity index (χ0) is 13.2. The Labute approximate surface area is 119 Å². The average molecular weight is 288 g/mol. The Morgan fingerprint density at radius 2 is 1.89 bits per heavy atom. The van der Waals surface area contributed by atoms with Gasteiger partial charge in [-0.3, -0.25) is 4.90 Å². The van der Waals surface area contributed by atoms with Crippen molar-refractivity contribution in [2.75, 3.05) is 13.1 Å². The normalized spacial score (nSPS) is 26.0. The molecular weight excluding hydrogens is 269 g/mol. The maximum absolute atomic E-state index is 10.1. The molecule has 1 N–H and O–H groups in total. The van der Waals surface area contributed by atoms with Gasteiger partial charge in [0.15, 0.2) is 0 Å². The van der Waals surface area contributed by atoms with Crippen LogP contribution < -0.4 is 0 Å². The topological polar surface area (TPSA) is 23.5 Å². The predicted octanol–water partition coefficient (Wildman–Crippen LogP) is 3.73. The van der Waals surface area contributed by atoms with Gasteiger partial charge in [0.2, 0.25) is 0 Å². The SMILES string of the molecule is CC1(O)CCCN(Cc2c(Cl)cccc2Cl)CC1. The minimum atomic E-state index is -0.529. The second-order valence-electron chi connectivity index (χ2n) is 5.33. The maximum Gasteiger partial charge on any atom is 0.0632 e. The smallest absolute Gasteiger partial charge is 0.0632 e. The molecule has 1 unspecified atom stereocenters. The van der Waals surface area contributed by atoms with Crippen molar-refractivity contribution >= 4 is 23.2 Å². The molecule has 4 heteroatoms. The second-order valence-corrected chi connectivity index (χ2v) is 6.14. The molecule has 0 bridgehead atoms. The summed E-state index contributed by atoms with van der Waals surface area (Å²) in [5.41, 5.74) is 0.460. The third-order valence-corrected chi connectivity index (χ3v) is 4.31. The highest BCUT2D eigenvalue weighted by molar-refractivity contribution is 6.35. The summed E-state index contributed by atoms with van der Waals surface area (Å²) in [6, 6.07) is 5.61. The molecule has 1 saturated heterocycles. The third-order valence-electron chi connectivity index (χ3n) is 3.60. The van der Waals surface area contributed by atoms with Crippen LogP contribution in [-0.4, -0.2) is 28.7 Å². The molecule has 2 rings (SSSR count). The highest BCUT2D eigenvalue weighted by Gasteiger charge is 2.25. The number of aliphatic hydroxyl groups is 1. The Kier molecular flexibility index (Phi) is 4.54. The summed E-state index contributed by atoms with van der Waals surface area (Å²) in [4.78, 5) is 2.31. The van der Waals surface area contributed by atoms with Crippen molar-refractivity contribution in [3.05, 3.63) is 33.8 Å². The van der Waals surface area contributed by atoms with Crippen LogP contribution in [0.1, 0.15) is 31.7 Å². The Balaban J connectivity index is 2.05. The zero-order valence-electron chi connectivity index (χ0n) is 10.6. The van der Waals surface area contributed by atoms with E-state index in [-0.39, 0.29) is 0 Å². The van der Waals surface area contributed by atoms with Gasteiger partial charge in [0, 0.05) is 28.7 Å².